The van der Waals surface area contributed by atoms with Gasteiger partial charge < -0.3 is 9.72 Å². The summed E-state index contributed by atoms with van der Waals surface area (Å²) < 4.78 is 5.53. The van der Waals surface area contributed by atoms with E-state index < -0.39 is 0 Å². The molecule has 0 aliphatic carbocycles. The summed E-state index contributed by atoms with van der Waals surface area (Å²) in [6.07, 6.45) is 1.65. The van der Waals surface area contributed by atoms with Crippen LogP contribution in [0, 0.1) is 0 Å². The monoisotopic (exact) mass is 249 g/mol. The Morgan fingerprint density at radius 1 is 1.29 bits per heavy atom. The third-order valence-electron chi connectivity index (χ3n) is 2.34. The molecule has 0 unspecified atom stereocenters. The Hall–Kier alpha value is -1.74. The second kappa shape index (κ2) is 5.06. The summed E-state index contributed by atoms with van der Waals surface area (Å²) in [5.41, 5.74) is 1.61. The number of aromatic nitrogens is 1. The number of hydrogen-bond acceptors (Lipinski definition) is 2. The fourth-order valence-electron chi connectivity index (χ4n) is 1.59. The Balaban J connectivity index is 2.52. The number of hydrogen-bond donors (Lipinski definition) is 1. The van der Waals surface area contributed by atoms with Crippen molar-refractivity contribution in [1.82, 2.24) is 4.98 Å². The number of pyridine rings is 1. The quantitative estimate of drug-likeness (QED) is 0.908. The Morgan fingerprint density at radius 3 is 2.76 bits per heavy atom. The van der Waals surface area contributed by atoms with E-state index in [1.54, 1.807) is 18.3 Å². The van der Waals surface area contributed by atoms with Gasteiger partial charge in [-0.05, 0) is 31.2 Å². The molecule has 0 saturated carbocycles. The van der Waals surface area contributed by atoms with Crippen molar-refractivity contribution in [3.8, 4) is 16.9 Å². The van der Waals surface area contributed by atoms with Gasteiger partial charge in [0.15, 0.2) is 0 Å². The summed E-state index contributed by atoms with van der Waals surface area (Å²) in [5.74, 6) is 0.754. The van der Waals surface area contributed by atoms with E-state index >= 15 is 0 Å². The standard InChI is InChI=1S/C13H12ClNO2/c1-2-17-12-5-4-10(14)7-11(12)9-3-6-13(16)15-8-9/h3-8H,2H2,1H3,(H,15,16). The van der Waals surface area contributed by atoms with Crippen LogP contribution in [0.1, 0.15) is 6.92 Å². The molecule has 1 aromatic carbocycles. The second-order valence-corrected chi connectivity index (χ2v) is 3.95. The largest absolute Gasteiger partial charge is 0.493 e. The lowest BCUT2D eigenvalue weighted by Gasteiger charge is -2.10. The van der Waals surface area contributed by atoms with Crippen LogP contribution in [0.15, 0.2) is 41.3 Å². The second-order valence-electron chi connectivity index (χ2n) is 3.52. The van der Waals surface area contributed by atoms with Crippen molar-refractivity contribution in [2.24, 2.45) is 0 Å². The first-order valence-electron chi connectivity index (χ1n) is 5.32. The van der Waals surface area contributed by atoms with Crippen LogP contribution in [0.2, 0.25) is 5.02 Å². The van der Waals surface area contributed by atoms with Gasteiger partial charge in [-0.15, -0.1) is 0 Å². The van der Waals surface area contributed by atoms with Gasteiger partial charge in [-0.25, -0.2) is 0 Å². The van der Waals surface area contributed by atoms with Crippen LogP contribution in [0.4, 0.5) is 0 Å². The Morgan fingerprint density at radius 2 is 2.12 bits per heavy atom. The minimum Gasteiger partial charge on any atom is -0.493 e. The molecule has 0 aliphatic rings. The molecule has 4 heteroatoms. The summed E-state index contributed by atoms with van der Waals surface area (Å²) in [5, 5.41) is 0.634. The highest BCUT2D eigenvalue weighted by Crippen LogP contribution is 2.31. The molecule has 1 N–H and O–H groups in total. The van der Waals surface area contributed by atoms with Crippen LogP contribution in [0.25, 0.3) is 11.1 Å². The summed E-state index contributed by atoms with van der Waals surface area (Å²) >= 11 is 5.97. The molecule has 1 heterocycles. The predicted octanol–water partition coefficient (Wildman–Crippen LogP) is 3.09. The van der Waals surface area contributed by atoms with Gasteiger partial charge in [-0.3, -0.25) is 4.79 Å². The van der Waals surface area contributed by atoms with Gasteiger partial charge in [-0.1, -0.05) is 11.6 Å². The third-order valence-corrected chi connectivity index (χ3v) is 2.57. The summed E-state index contributed by atoms with van der Waals surface area (Å²) in [6, 6.07) is 8.65. The Labute approximate surface area is 104 Å². The first-order valence-corrected chi connectivity index (χ1v) is 5.70. The number of halogens is 1. The Kier molecular flexibility index (Phi) is 3.49. The van der Waals surface area contributed by atoms with Gasteiger partial charge in [0, 0.05) is 28.4 Å². The Bertz CT molecular complexity index is 557. The molecule has 17 heavy (non-hydrogen) atoms. The van der Waals surface area contributed by atoms with Crippen LogP contribution in [0.3, 0.4) is 0 Å². The molecule has 0 spiro atoms. The van der Waals surface area contributed by atoms with Crippen molar-refractivity contribution in [3.63, 3.8) is 0 Å². The summed E-state index contributed by atoms with van der Waals surface area (Å²) in [4.78, 5) is 13.7. The van der Waals surface area contributed by atoms with Crippen molar-refractivity contribution in [3.05, 3.63) is 51.9 Å². The maximum atomic E-state index is 11.0. The minimum absolute atomic E-state index is 0.131. The molecule has 0 radical (unpaired) electrons. The maximum Gasteiger partial charge on any atom is 0.247 e. The molecule has 0 bridgehead atoms. The minimum atomic E-state index is -0.131. The van der Waals surface area contributed by atoms with Gasteiger partial charge in [0.05, 0.1) is 6.61 Å². The molecule has 1 aromatic heterocycles. The van der Waals surface area contributed by atoms with Crippen LogP contribution >= 0.6 is 11.6 Å². The van der Waals surface area contributed by atoms with Crippen molar-refractivity contribution >= 4 is 11.6 Å². The van der Waals surface area contributed by atoms with Crippen molar-refractivity contribution in [2.75, 3.05) is 6.61 Å². The lowest BCUT2D eigenvalue weighted by molar-refractivity contribution is 0.341. The van der Waals surface area contributed by atoms with Crippen molar-refractivity contribution < 1.29 is 4.74 Å². The normalized spacial score (nSPS) is 10.2. The van der Waals surface area contributed by atoms with Gasteiger partial charge in [0.1, 0.15) is 5.75 Å². The van der Waals surface area contributed by atoms with Crippen LogP contribution < -0.4 is 10.3 Å². The predicted molar refractivity (Wildman–Crippen MR) is 68.7 cm³/mol. The van der Waals surface area contributed by atoms with Gasteiger partial charge >= 0.3 is 0 Å². The maximum absolute atomic E-state index is 11.0. The first kappa shape index (κ1) is 11.7. The molecule has 0 aliphatic heterocycles. The van der Waals surface area contributed by atoms with E-state index in [4.69, 9.17) is 16.3 Å². The highest BCUT2D eigenvalue weighted by atomic mass is 35.5. The molecule has 0 fully saturated rings. The highest BCUT2D eigenvalue weighted by Gasteiger charge is 2.07. The van der Waals surface area contributed by atoms with Crippen LogP contribution in [-0.2, 0) is 0 Å². The molecule has 0 saturated heterocycles. The topological polar surface area (TPSA) is 42.1 Å². The fraction of sp³-hybridized carbons (Fsp3) is 0.154. The molecule has 2 aromatic rings. The van der Waals surface area contributed by atoms with E-state index in [9.17, 15) is 4.79 Å². The van der Waals surface area contributed by atoms with Crippen LogP contribution in [0.5, 0.6) is 5.75 Å². The average Bonchev–Trinajstić information content (AvgIpc) is 2.33. The lowest BCUT2D eigenvalue weighted by atomic mass is 10.1. The average molecular weight is 250 g/mol. The number of rotatable bonds is 3. The number of nitrogens with one attached hydrogen (secondary N) is 1. The molecule has 0 atom stereocenters. The number of benzene rings is 1. The lowest BCUT2D eigenvalue weighted by Crippen LogP contribution is -2.02. The smallest absolute Gasteiger partial charge is 0.247 e. The fourth-order valence-corrected chi connectivity index (χ4v) is 1.76. The summed E-state index contributed by atoms with van der Waals surface area (Å²) in [7, 11) is 0. The molecular weight excluding hydrogens is 238 g/mol. The zero-order valence-electron chi connectivity index (χ0n) is 9.37. The van der Waals surface area contributed by atoms with E-state index in [1.807, 2.05) is 19.1 Å². The van der Waals surface area contributed by atoms with Gasteiger partial charge in [0.25, 0.3) is 0 Å². The number of ether oxygens (including phenoxy) is 1. The first-order chi connectivity index (χ1) is 8.20. The summed E-state index contributed by atoms with van der Waals surface area (Å²) in [6.45, 7) is 2.50. The molecule has 0 amide bonds. The van der Waals surface area contributed by atoms with E-state index in [1.165, 1.54) is 6.07 Å². The SMILES string of the molecule is CCOc1ccc(Cl)cc1-c1ccc(=O)[nH]c1. The molecular formula is C13H12ClNO2. The van der Waals surface area contributed by atoms with Crippen molar-refractivity contribution in [1.29, 1.82) is 0 Å². The highest BCUT2D eigenvalue weighted by molar-refractivity contribution is 6.31. The molecule has 3 nitrogen and oxygen atoms in total. The van der Waals surface area contributed by atoms with E-state index in [2.05, 4.69) is 4.98 Å². The van der Waals surface area contributed by atoms with E-state index in [-0.39, 0.29) is 5.56 Å². The third kappa shape index (κ3) is 2.68. The molecule has 2 rings (SSSR count). The van der Waals surface area contributed by atoms with Crippen molar-refractivity contribution in [2.45, 2.75) is 6.92 Å². The van der Waals surface area contributed by atoms with Crippen LogP contribution in [-0.4, -0.2) is 11.6 Å². The van der Waals surface area contributed by atoms with Gasteiger partial charge in [0.2, 0.25) is 5.56 Å². The zero-order valence-corrected chi connectivity index (χ0v) is 10.1. The van der Waals surface area contributed by atoms with E-state index in [0.717, 1.165) is 16.9 Å². The zero-order chi connectivity index (χ0) is 12.3. The number of H-pyrrole nitrogens is 1. The molecule has 88 valence electrons. The van der Waals surface area contributed by atoms with E-state index in [0.29, 0.717) is 11.6 Å². The number of aromatic amines is 1. The van der Waals surface area contributed by atoms with Gasteiger partial charge in [-0.2, -0.15) is 0 Å².